The molecule has 1 fully saturated rings. The van der Waals surface area contributed by atoms with Crippen LogP contribution < -0.4 is 0 Å². The summed E-state index contributed by atoms with van der Waals surface area (Å²) in [5, 5.41) is 0. The van der Waals surface area contributed by atoms with Gasteiger partial charge in [-0.25, -0.2) is 0 Å². The van der Waals surface area contributed by atoms with E-state index in [1.807, 2.05) is 0 Å². The predicted molar refractivity (Wildman–Crippen MR) is 81.3 cm³/mol. The average Bonchev–Trinajstić information content (AvgIpc) is 2.47. The van der Waals surface area contributed by atoms with Crippen LogP contribution in [0.2, 0.25) is 0 Å². The Labute approximate surface area is 117 Å². The lowest BCUT2D eigenvalue weighted by molar-refractivity contribution is 0.185. The van der Waals surface area contributed by atoms with E-state index in [9.17, 15) is 0 Å². The molecule has 0 spiro atoms. The number of hydrogen-bond acceptors (Lipinski definition) is 1. The average molecular weight is 258 g/mol. The van der Waals surface area contributed by atoms with Crippen molar-refractivity contribution in [2.45, 2.75) is 51.0 Å². The molecule has 0 saturated heterocycles. The van der Waals surface area contributed by atoms with Gasteiger partial charge in [0, 0.05) is 7.11 Å². The lowest BCUT2D eigenvalue weighted by atomic mass is 9.77. The van der Waals surface area contributed by atoms with E-state index in [1.165, 1.54) is 49.7 Å². The number of allylic oxidation sites excluding steroid dienone is 1. The van der Waals surface area contributed by atoms with Crippen molar-refractivity contribution in [3.63, 3.8) is 0 Å². The van der Waals surface area contributed by atoms with Crippen molar-refractivity contribution in [1.82, 2.24) is 0 Å². The normalized spacial score (nSPS) is 23.2. The second kappa shape index (κ2) is 7.49. The summed E-state index contributed by atoms with van der Waals surface area (Å²) in [5.74, 6) is 1.71. The lowest BCUT2D eigenvalue weighted by Crippen LogP contribution is -2.13. The quantitative estimate of drug-likeness (QED) is 0.647. The Hall–Kier alpha value is -1.08. The minimum atomic E-state index is 0.717. The van der Waals surface area contributed by atoms with Gasteiger partial charge in [-0.3, -0.25) is 0 Å². The minimum Gasteiger partial charge on any atom is -0.380 e. The zero-order valence-electron chi connectivity index (χ0n) is 12.1. The minimum absolute atomic E-state index is 0.717. The summed E-state index contributed by atoms with van der Waals surface area (Å²) in [5.41, 5.74) is 2.79. The molecule has 1 aromatic rings. The molecular weight excluding hydrogens is 232 g/mol. The second-order valence-corrected chi connectivity index (χ2v) is 5.76. The molecule has 104 valence electrons. The molecule has 1 saturated carbocycles. The maximum absolute atomic E-state index is 5.16. The second-order valence-electron chi connectivity index (χ2n) is 5.76. The van der Waals surface area contributed by atoms with Crippen molar-refractivity contribution in [3.8, 4) is 0 Å². The Morgan fingerprint density at radius 3 is 2.42 bits per heavy atom. The highest BCUT2D eigenvalue weighted by Gasteiger charge is 2.21. The molecular formula is C18H26O. The SMILES string of the molecule is C=CCCC1CCC(c2ccc(COC)cc2)CC1. The van der Waals surface area contributed by atoms with Gasteiger partial charge in [-0.2, -0.15) is 0 Å². The van der Waals surface area contributed by atoms with Crippen LogP contribution >= 0.6 is 0 Å². The van der Waals surface area contributed by atoms with Crippen LogP contribution in [0.3, 0.4) is 0 Å². The first kappa shape index (κ1) is 14.3. The highest BCUT2D eigenvalue weighted by atomic mass is 16.5. The van der Waals surface area contributed by atoms with Crippen LogP contribution in [0.4, 0.5) is 0 Å². The van der Waals surface area contributed by atoms with E-state index in [0.29, 0.717) is 6.61 Å². The molecule has 1 heteroatoms. The van der Waals surface area contributed by atoms with Crippen molar-refractivity contribution in [3.05, 3.63) is 48.0 Å². The zero-order valence-corrected chi connectivity index (χ0v) is 12.1. The summed E-state index contributed by atoms with van der Waals surface area (Å²) in [4.78, 5) is 0. The molecule has 0 amide bonds. The third kappa shape index (κ3) is 4.21. The first-order chi connectivity index (χ1) is 9.33. The van der Waals surface area contributed by atoms with E-state index in [1.54, 1.807) is 7.11 Å². The van der Waals surface area contributed by atoms with Crippen LogP contribution in [-0.2, 0) is 11.3 Å². The lowest BCUT2D eigenvalue weighted by Gasteiger charge is -2.28. The van der Waals surface area contributed by atoms with Crippen molar-refractivity contribution in [1.29, 1.82) is 0 Å². The zero-order chi connectivity index (χ0) is 13.5. The highest BCUT2D eigenvalue weighted by Crippen LogP contribution is 2.37. The molecule has 0 heterocycles. The molecule has 19 heavy (non-hydrogen) atoms. The Kier molecular flexibility index (Phi) is 5.65. The van der Waals surface area contributed by atoms with Crippen LogP contribution in [0.25, 0.3) is 0 Å². The number of benzene rings is 1. The monoisotopic (exact) mass is 258 g/mol. The van der Waals surface area contributed by atoms with Crippen molar-refractivity contribution >= 4 is 0 Å². The molecule has 0 aromatic heterocycles. The van der Waals surface area contributed by atoms with E-state index in [-0.39, 0.29) is 0 Å². The maximum atomic E-state index is 5.16. The fraction of sp³-hybridized carbons (Fsp3) is 0.556. The van der Waals surface area contributed by atoms with E-state index in [0.717, 1.165) is 11.8 Å². The van der Waals surface area contributed by atoms with Gasteiger partial charge in [0.05, 0.1) is 6.61 Å². The van der Waals surface area contributed by atoms with Gasteiger partial charge in [0.15, 0.2) is 0 Å². The molecule has 0 radical (unpaired) electrons. The van der Waals surface area contributed by atoms with Gasteiger partial charge >= 0.3 is 0 Å². The summed E-state index contributed by atoms with van der Waals surface area (Å²) in [6.07, 6.45) is 10.1. The predicted octanol–water partition coefficient (Wildman–Crippen LogP) is 5.07. The first-order valence-electron chi connectivity index (χ1n) is 7.52. The first-order valence-corrected chi connectivity index (χ1v) is 7.52. The van der Waals surface area contributed by atoms with Gasteiger partial charge in [0.1, 0.15) is 0 Å². The number of methoxy groups -OCH3 is 1. The van der Waals surface area contributed by atoms with Crippen LogP contribution in [0.1, 0.15) is 55.6 Å². The third-order valence-corrected chi connectivity index (χ3v) is 4.39. The Bertz CT molecular complexity index is 371. The van der Waals surface area contributed by atoms with Gasteiger partial charge in [0.2, 0.25) is 0 Å². The molecule has 1 nitrogen and oxygen atoms in total. The Morgan fingerprint density at radius 1 is 1.16 bits per heavy atom. The maximum Gasteiger partial charge on any atom is 0.0713 e. The summed E-state index contributed by atoms with van der Waals surface area (Å²) in [6, 6.07) is 9.01. The standard InChI is InChI=1S/C18H26O/c1-3-4-5-15-6-10-17(11-7-15)18-12-8-16(9-13-18)14-19-2/h3,8-9,12-13,15,17H,1,4-7,10-11,14H2,2H3. The van der Waals surface area contributed by atoms with Gasteiger partial charge in [0.25, 0.3) is 0 Å². The van der Waals surface area contributed by atoms with Crippen LogP contribution in [0.5, 0.6) is 0 Å². The number of rotatable bonds is 6. The molecule has 0 N–H and O–H groups in total. The summed E-state index contributed by atoms with van der Waals surface area (Å²) >= 11 is 0. The summed E-state index contributed by atoms with van der Waals surface area (Å²) in [7, 11) is 1.75. The molecule has 1 aromatic carbocycles. The summed E-state index contributed by atoms with van der Waals surface area (Å²) in [6.45, 7) is 4.54. The van der Waals surface area contributed by atoms with E-state index < -0.39 is 0 Å². The van der Waals surface area contributed by atoms with Gasteiger partial charge in [-0.1, -0.05) is 30.3 Å². The van der Waals surface area contributed by atoms with Gasteiger partial charge in [-0.05, 0) is 61.5 Å². The summed E-state index contributed by atoms with van der Waals surface area (Å²) < 4.78 is 5.16. The van der Waals surface area contributed by atoms with Gasteiger partial charge < -0.3 is 4.74 Å². The smallest absolute Gasteiger partial charge is 0.0713 e. The van der Waals surface area contributed by atoms with Crippen molar-refractivity contribution in [2.75, 3.05) is 7.11 Å². The van der Waals surface area contributed by atoms with E-state index >= 15 is 0 Å². The molecule has 2 rings (SSSR count). The molecule has 1 aliphatic rings. The fourth-order valence-electron chi connectivity index (χ4n) is 3.19. The number of ether oxygens (including phenoxy) is 1. The topological polar surface area (TPSA) is 9.23 Å². The fourth-order valence-corrected chi connectivity index (χ4v) is 3.19. The molecule has 0 unspecified atom stereocenters. The molecule has 1 aliphatic carbocycles. The molecule has 0 atom stereocenters. The Balaban J connectivity index is 1.85. The molecule has 0 aliphatic heterocycles. The molecule has 0 bridgehead atoms. The highest BCUT2D eigenvalue weighted by molar-refractivity contribution is 5.25. The van der Waals surface area contributed by atoms with Gasteiger partial charge in [-0.15, -0.1) is 6.58 Å². The van der Waals surface area contributed by atoms with Crippen molar-refractivity contribution < 1.29 is 4.74 Å². The van der Waals surface area contributed by atoms with Crippen LogP contribution in [0, 0.1) is 5.92 Å². The van der Waals surface area contributed by atoms with Crippen molar-refractivity contribution in [2.24, 2.45) is 5.92 Å². The van der Waals surface area contributed by atoms with E-state index in [2.05, 4.69) is 36.9 Å². The van der Waals surface area contributed by atoms with Crippen LogP contribution in [-0.4, -0.2) is 7.11 Å². The largest absolute Gasteiger partial charge is 0.380 e. The van der Waals surface area contributed by atoms with E-state index in [4.69, 9.17) is 4.74 Å². The Morgan fingerprint density at radius 2 is 1.84 bits per heavy atom. The van der Waals surface area contributed by atoms with Crippen LogP contribution in [0.15, 0.2) is 36.9 Å². The number of hydrogen-bond donors (Lipinski definition) is 0. The third-order valence-electron chi connectivity index (χ3n) is 4.39.